The van der Waals surface area contributed by atoms with E-state index in [9.17, 15) is 8.78 Å². The van der Waals surface area contributed by atoms with Gasteiger partial charge in [-0.05, 0) is 33.0 Å². The van der Waals surface area contributed by atoms with Crippen molar-refractivity contribution < 1.29 is 13.9 Å². The van der Waals surface area contributed by atoms with Crippen molar-refractivity contribution in [2.75, 3.05) is 26.7 Å². The van der Waals surface area contributed by atoms with E-state index in [1.165, 1.54) is 0 Å². The van der Waals surface area contributed by atoms with Crippen molar-refractivity contribution in [1.82, 2.24) is 10.2 Å². The Morgan fingerprint density at radius 2 is 2.00 bits per heavy atom. The normalized spacial score (nSPS) is 22.9. The van der Waals surface area contributed by atoms with E-state index in [1.807, 2.05) is 7.05 Å². The highest BCUT2D eigenvalue weighted by Crippen LogP contribution is 2.08. The van der Waals surface area contributed by atoms with E-state index < -0.39 is 12.5 Å². The smallest absolute Gasteiger partial charge is 0.265 e. The topological polar surface area (TPSA) is 35.5 Å². The number of nitrogens with one attached hydrogen (secondary N) is 1. The molecule has 0 saturated carbocycles. The number of nitrogens with zero attached hydrogens (tertiary/aromatic N) is 1. The van der Waals surface area contributed by atoms with Crippen molar-refractivity contribution in [2.24, 2.45) is 0 Å². The highest BCUT2D eigenvalue weighted by atomic mass is 19.3. The van der Waals surface area contributed by atoms with Crippen LogP contribution in [0.1, 0.15) is 12.8 Å². The Morgan fingerprint density at radius 1 is 1.43 bits per heavy atom. The molecular formula is C9H18F2N2O. The van der Waals surface area contributed by atoms with Gasteiger partial charge in [0, 0.05) is 12.6 Å². The average molecular weight is 208 g/mol. The van der Waals surface area contributed by atoms with Crippen molar-refractivity contribution >= 4 is 0 Å². The Morgan fingerprint density at radius 3 is 2.50 bits per heavy atom. The molecule has 84 valence electrons. The average Bonchev–Trinajstić information content (AvgIpc) is 2.16. The van der Waals surface area contributed by atoms with Gasteiger partial charge in [0.15, 0.2) is 0 Å². The van der Waals surface area contributed by atoms with Crippen LogP contribution in [0.4, 0.5) is 8.78 Å². The maximum absolute atomic E-state index is 11.9. The second kappa shape index (κ2) is 5.58. The van der Waals surface area contributed by atoms with Crippen LogP contribution in [0.15, 0.2) is 0 Å². The second-order valence-corrected chi connectivity index (χ2v) is 3.89. The highest BCUT2D eigenvalue weighted by molar-refractivity contribution is 4.76. The van der Waals surface area contributed by atoms with Crippen LogP contribution < -0.4 is 5.32 Å². The zero-order valence-electron chi connectivity index (χ0n) is 8.42. The number of hydrogen-bond donors (Lipinski definition) is 2. The maximum atomic E-state index is 11.9. The molecule has 3 nitrogen and oxygen atoms in total. The molecular weight excluding hydrogens is 190 g/mol. The third kappa shape index (κ3) is 3.86. The standard InChI is InChI=1S/C9H18F2N2O/c1-13-4-2-7(3-5-13)12-6-8(14)9(10)11/h7-9,12,14H,2-6H2,1H3. The van der Waals surface area contributed by atoms with Crippen molar-refractivity contribution in [3.8, 4) is 0 Å². The van der Waals surface area contributed by atoms with Crippen molar-refractivity contribution in [1.29, 1.82) is 0 Å². The van der Waals surface area contributed by atoms with Gasteiger partial charge in [0.05, 0.1) is 0 Å². The lowest BCUT2D eigenvalue weighted by atomic mass is 10.1. The Bertz CT molecular complexity index is 161. The number of rotatable bonds is 4. The lowest BCUT2D eigenvalue weighted by Gasteiger charge is -2.30. The molecule has 1 fully saturated rings. The third-order valence-electron chi connectivity index (χ3n) is 2.63. The molecule has 14 heavy (non-hydrogen) atoms. The summed E-state index contributed by atoms with van der Waals surface area (Å²) in [4.78, 5) is 2.21. The summed E-state index contributed by atoms with van der Waals surface area (Å²) in [7, 11) is 2.05. The first-order valence-electron chi connectivity index (χ1n) is 4.97. The third-order valence-corrected chi connectivity index (χ3v) is 2.63. The van der Waals surface area contributed by atoms with E-state index >= 15 is 0 Å². The molecule has 2 N–H and O–H groups in total. The first-order chi connectivity index (χ1) is 6.59. The summed E-state index contributed by atoms with van der Waals surface area (Å²) in [6.45, 7) is 1.97. The van der Waals surface area contributed by atoms with E-state index in [4.69, 9.17) is 5.11 Å². The molecule has 1 heterocycles. The fourth-order valence-corrected chi connectivity index (χ4v) is 1.59. The summed E-state index contributed by atoms with van der Waals surface area (Å²) in [5.74, 6) is 0. The van der Waals surface area contributed by atoms with Gasteiger partial charge >= 0.3 is 0 Å². The van der Waals surface area contributed by atoms with Crippen LogP contribution in [-0.4, -0.2) is 55.3 Å². The van der Waals surface area contributed by atoms with Crippen molar-refractivity contribution in [2.45, 2.75) is 31.4 Å². The number of halogens is 2. The summed E-state index contributed by atoms with van der Waals surface area (Å²) in [5.41, 5.74) is 0. The lowest BCUT2D eigenvalue weighted by Crippen LogP contribution is -2.44. The summed E-state index contributed by atoms with van der Waals surface area (Å²) >= 11 is 0. The van der Waals surface area contributed by atoms with Gasteiger partial charge in [-0.15, -0.1) is 0 Å². The van der Waals surface area contributed by atoms with E-state index in [-0.39, 0.29) is 12.6 Å². The Balaban J connectivity index is 2.13. The minimum atomic E-state index is -2.64. The lowest BCUT2D eigenvalue weighted by molar-refractivity contribution is -0.00555. The van der Waals surface area contributed by atoms with E-state index in [2.05, 4.69) is 10.2 Å². The van der Waals surface area contributed by atoms with Gasteiger partial charge in [-0.2, -0.15) is 0 Å². The zero-order chi connectivity index (χ0) is 10.6. The Hall–Kier alpha value is -0.260. The molecule has 0 aliphatic carbocycles. The van der Waals surface area contributed by atoms with Crippen LogP contribution >= 0.6 is 0 Å². The van der Waals surface area contributed by atoms with Crippen LogP contribution in [0.2, 0.25) is 0 Å². The predicted octanol–water partition coefficient (Wildman–Crippen LogP) is 0.296. The molecule has 1 aliphatic heterocycles. The molecule has 0 aromatic rings. The van der Waals surface area contributed by atoms with Gasteiger partial charge in [0.1, 0.15) is 6.10 Å². The van der Waals surface area contributed by atoms with Crippen molar-refractivity contribution in [3.05, 3.63) is 0 Å². The van der Waals surface area contributed by atoms with Gasteiger partial charge in [0.25, 0.3) is 6.43 Å². The molecule has 0 amide bonds. The number of piperidine rings is 1. The van der Waals surface area contributed by atoms with Crippen LogP contribution in [-0.2, 0) is 0 Å². The molecule has 0 aromatic carbocycles. The van der Waals surface area contributed by atoms with E-state index in [1.54, 1.807) is 0 Å². The minimum Gasteiger partial charge on any atom is -0.386 e. The number of aliphatic hydroxyl groups excluding tert-OH is 1. The summed E-state index contributed by atoms with van der Waals surface area (Å²) < 4.78 is 23.9. The summed E-state index contributed by atoms with van der Waals surface area (Å²) in [5, 5.41) is 11.9. The first kappa shape index (κ1) is 11.8. The minimum absolute atomic E-state index is 0.00789. The van der Waals surface area contributed by atoms with Gasteiger partial charge in [-0.25, -0.2) is 8.78 Å². The summed E-state index contributed by atoms with van der Waals surface area (Å²) in [6, 6.07) is 0.277. The van der Waals surface area contributed by atoms with Gasteiger partial charge in [0.2, 0.25) is 0 Å². The first-order valence-corrected chi connectivity index (χ1v) is 4.97. The number of hydrogen-bond acceptors (Lipinski definition) is 3. The molecule has 1 aliphatic rings. The fourth-order valence-electron chi connectivity index (χ4n) is 1.59. The molecule has 0 spiro atoms. The zero-order valence-corrected chi connectivity index (χ0v) is 8.42. The Kier molecular flexibility index (Phi) is 4.71. The quantitative estimate of drug-likeness (QED) is 0.697. The molecule has 0 bridgehead atoms. The maximum Gasteiger partial charge on any atom is 0.265 e. The van der Waals surface area contributed by atoms with Crippen molar-refractivity contribution in [3.63, 3.8) is 0 Å². The number of likely N-dealkylation sites (tertiary alicyclic amines) is 1. The molecule has 5 heteroatoms. The largest absolute Gasteiger partial charge is 0.386 e. The SMILES string of the molecule is CN1CCC(NCC(O)C(F)F)CC1. The number of alkyl halides is 2. The molecule has 0 aromatic heterocycles. The summed E-state index contributed by atoms with van der Waals surface area (Å²) in [6.07, 6.45) is -2.25. The number of aliphatic hydroxyl groups is 1. The van der Waals surface area contributed by atoms with Gasteiger partial charge in [-0.3, -0.25) is 0 Å². The molecule has 1 atom stereocenters. The monoisotopic (exact) mass is 208 g/mol. The van der Waals surface area contributed by atoms with Crippen LogP contribution in [0.3, 0.4) is 0 Å². The highest BCUT2D eigenvalue weighted by Gasteiger charge is 2.20. The van der Waals surface area contributed by atoms with Gasteiger partial charge in [-0.1, -0.05) is 0 Å². The second-order valence-electron chi connectivity index (χ2n) is 3.89. The van der Waals surface area contributed by atoms with E-state index in [0.717, 1.165) is 25.9 Å². The van der Waals surface area contributed by atoms with Crippen LogP contribution in [0, 0.1) is 0 Å². The van der Waals surface area contributed by atoms with E-state index in [0.29, 0.717) is 0 Å². The van der Waals surface area contributed by atoms with Gasteiger partial charge < -0.3 is 15.3 Å². The molecule has 0 radical (unpaired) electrons. The van der Waals surface area contributed by atoms with Crippen LogP contribution in [0.25, 0.3) is 0 Å². The molecule has 1 unspecified atom stereocenters. The molecule has 1 saturated heterocycles. The molecule has 1 rings (SSSR count). The van der Waals surface area contributed by atoms with Crippen LogP contribution in [0.5, 0.6) is 0 Å². The fraction of sp³-hybridized carbons (Fsp3) is 1.00. The predicted molar refractivity (Wildman–Crippen MR) is 50.5 cm³/mol. The Labute approximate surface area is 83.1 Å².